The van der Waals surface area contributed by atoms with Crippen molar-refractivity contribution in [1.82, 2.24) is 0 Å². The maximum Gasteiger partial charge on any atom is 0.250 e. The topological polar surface area (TPSA) is 81.6 Å². The molecule has 1 atom stereocenters. The summed E-state index contributed by atoms with van der Waals surface area (Å²) in [6.45, 7) is 7.54. The lowest BCUT2D eigenvalue weighted by atomic mass is 10.0. The van der Waals surface area contributed by atoms with E-state index in [1.54, 1.807) is 12.1 Å². The van der Waals surface area contributed by atoms with Gasteiger partial charge in [0.1, 0.15) is 0 Å². The molecule has 1 aromatic rings. The van der Waals surface area contributed by atoms with Gasteiger partial charge in [0, 0.05) is 24.5 Å². The molecule has 0 aromatic heterocycles. The predicted octanol–water partition coefficient (Wildman–Crippen LogP) is 1.37. The Morgan fingerprint density at radius 3 is 2.74 bits per heavy atom. The zero-order chi connectivity index (χ0) is 14.2. The number of rotatable bonds is 2. The minimum atomic E-state index is -0.459. The van der Waals surface area contributed by atoms with E-state index in [-0.39, 0.29) is 11.7 Å². The average Bonchev–Trinajstić information content (AvgIpc) is 2.25. The number of ether oxygens (including phenoxy) is 1. The molecule has 0 saturated carbocycles. The fourth-order valence-corrected chi connectivity index (χ4v) is 2.66. The number of benzene rings is 1. The van der Waals surface area contributed by atoms with Crippen LogP contribution in [0.2, 0.25) is 0 Å². The van der Waals surface area contributed by atoms with Crippen LogP contribution in [0.3, 0.4) is 0 Å². The van der Waals surface area contributed by atoms with Crippen LogP contribution in [-0.2, 0) is 4.74 Å². The molecule has 1 fully saturated rings. The second-order valence-corrected chi connectivity index (χ2v) is 5.71. The number of hydrogen-bond acceptors (Lipinski definition) is 4. The SMILES string of the molecule is CC1CN(c2ccc(N)cc2C(N)=O)CC(C)(C)O1. The molecule has 1 amide bonds. The Labute approximate surface area is 113 Å². The summed E-state index contributed by atoms with van der Waals surface area (Å²) in [4.78, 5) is 13.7. The number of carbonyl (C=O) groups is 1. The van der Waals surface area contributed by atoms with Crippen LogP contribution in [0.1, 0.15) is 31.1 Å². The molecule has 0 bridgehead atoms. The summed E-state index contributed by atoms with van der Waals surface area (Å²) >= 11 is 0. The monoisotopic (exact) mass is 263 g/mol. The van der Waals surface area contributed by atoms with Crippen molar-refractivity contribution >= 4 is 17.3 Å². The first-order valence-corrected chi connectivity index (χ1v) is 6.40. The smallest absolute Gasteiger partial charge is 0.250 e. The zero-order valence-corrected chi connectivity index (χ0v) is 11.6. The maximum absolute atomic E-state index is 11.6. The van der Waals surface area contributed by atoms with Crippen LogP contribution in [0, 0.1) is 0 Å². The van der Waals surface area contributed by atoms with Crippen molar-refractivity contribution in [2.75, 3.05) is 23.7 Å². The second kappa shape index (κ2) is 4.74. The third kappa shape index (κ3) is 2.98. The highest BCUT2D eigenvalue weighted by Crippen LogP contribution is 2.29. The van der Waals surface area contributed by atoms with E-state index in [9.17, 15) is 4.79 Å². The van der Waals surface area contributed by atoms with E-state index in [1.165, 1.54) is 0 Å². The first kappa shape index (κ1) is 13.7. The molecule has 1 saturated heterocycles. The quantitative estimate of drug-likeness (QED) is 0.790. The summed E-state index contributed by atoms with van der Waals surface area (Å²) in [6.07, 6.45) is 0.0991. The molecule has 2 rings (SSSR count). The van der Waals surface area contributed by atoms with Crippen LogP contribution in [0.5, 0.6) is 0 Å². The van der Waals surface area contributed by atoms with E-state index in [1.807, 2.05) is 26.8 Å². The van der Waals surface area contributed by atoms with E-state index in [0.717, 1.165) is 12.2 Å². The van der Waals surface area contributed by atoms with Gasteiger partial charge in [0.25, 0.3) is 5.91 Å². The lowest BCUT2D eigenvalue weighted by Crippen LogP contribution is -2.52. The first-order valence-electron chi connectivity index (χ1n) is 6.40. The molecule has 0 spiro atoms. The number of primary amides is 1. The normalized spacial score (nSPS) is 22.3. The Balaban J connectivity index is 2.38. The first-order chi connectivity index (χ1) is 8.78. The highest BCUT2D eigenvalue weighted by atomic mass is 16.5. The highest BCUT2D eigenvalue weighted by molar-refractivity contribution is 5.99. The number of nitrogens with two attached hydrogens (primary N) is 2. The Bertz CT molecular complexity index is 499. The molecule has 1 aromatic carbocycles. The van der Waals surface area contributed by atoms with Crippen molar-refractivity contribution in [3.8, 4) is 0 Å². The van der Waals surface area contributed by atoms with Gasteiger partial charge in [0.05, 0.1) is 17.3 Å². The Kier molecular flexibility index (Phi) is 3.41. The van der Waals surface area contributed by atoms with Crippen LogP contribution in [0.15, 0.2) is 18.2 Å². The van der Waals surface area contributed by atoms with E-state index >= 15 is 0 Å². The number of carbonyl (C=O) groups excluding carboxylic acids is 1. The molecular formula is C14H21N3O2. The van der Waals surface area contributed by atoms with Crippen molar-refractivity contribution in [3.05, 3.63) is 23.8 Å². The molecule has 1 aliphatic rings. The summed E-state index contributed by atoms with van der Waals surface area (Å²) < 4.78 is 5.87. The average molecular weight is 263 g/mol. The molecule has 1 aliphatic heterocycles. The van der Waals surface area contributed by atoms with Crippen molar-refractivity contribution in [3.63, 3.8) is 0 Å². The molecule has 1 heterocycles. The third-order valence-electron chi connectivity index (χ3n) is 3.20. The van der Waals surface area contributed by atoms with E-state index in [4.69, 9.17) is 16.2 Å². The minimum absolute atomic E-state index is 0.0991. The molecule has 19 heavy (non-hydrogen) atoms. The molecule has 5 heteroatoms. The van der Waals surface area contributed by atoms with Gasteiger partial charge in [-0.1, -0.05) is 0 Å². The lowest BCUT2D eigenvalue weighted by molar-refractivity contribution is -0.0750. The predicted molar refractivity (Wildman–Crippen MR) is 76.2 cm³/mol. The van der Waals surface area contributed by atoms with E-state index in [2.05, 4.69) is 4.90 Å². The zero-order valence-electron chi connectivity index (χ0n) is 11.6. The van der Waals surface area contributed by atoms with Crippen molar-refractivity contribution < 1.29 is 9.53 Å². The van der Waals surface area contributed by atoms with E-state index in [0.29, 0.717) is 17.8 Å². The molecule has 104 valence electrons. The summed E-state index contributed by atoms with van der Waals surface area (Å²) in [5.41, 5.74) is 12.7. The molecule has 5 nitrogen and oxygen atoms in total. The summed E-state index contributed by atoms with van der Waals surface area (Å²) in [5.74, 6) is -0.459. The second-order valence-electron chi connectivity index (χ2n) is 5.71. The Morgan fingerprint density at radius 2 is 2.16 bits per heavy atom. The Hall–Kier alpha value is -1.75. The van der Waals surface area contributed by atoms with Gasteiger partial charge in [-0.05, 0) is 39.0 Å². The van der Waals surface area contributed by atoms with Gasteiger partial charge in [0.2, 0.25) is 0 Å². The number of nitrogen functional groups attached to an aromatic ring is 1. The Morgan fingerprint density at radius 1 is 1.47 bits per heavy atom. The largest absolute Gasteiger partial charge is 0.399 e. The standard InChI is InChI=1S/C14H21N3O2/c1-9-7-17(8-14(2,3)19-9)12-5-4-10(15)6-11(12)13(16)18/h4-6,9H,7-8,15H2,1-3H3,(H2,16,18). The van der Waals surface area contributed by atoms with Gasteiger partial charge in [-0.25, -0.2) is 0 Å². The number of hydrogen-bond donors (Lipinski definition) is 2. The number of morpholine rings is 1. The van der Waals surface area contributed by atoms with Gasteiger partial charge in [0.15, 0.2) is 0 Å². The molecular weight excluding hydrogens is 242 g/mol. The molecule has 1 unspecified atom stereocenters. The van der Waals surface area contributed by atoms with Gasteiger partial charge < -0.3 is 21.1 Å². The maximum atomic E-state index is 11.6. The van der Waals surface area contributed by atoms with E-state index < -0.39 is 5.91 Å². The number of amides is 1. The third-order valence-corrected chi connectivity index (χ3v) is 3.20. The van der Waals surface area contributed by atoms with Crippen LogP contribution in [-0.4, -0.2) is 30.7 Å². The highest BCUT2D eigenvalue weighted by Gasteiger charge is 2.32. The minimum Gasteiger partial charge on any atom is -0.399 e. The van der Waals surface area contributed by atoms with Gasteiger partial charge >= 0.3 is 0 Å². The molecule has 4 N–H and O–H groups in total. The van der Waals surface area contributed by atoms with Crippen molar-refractivity contribution in [2.45, 2.75) is 32.5 Å². The summed E-state index contributed by atoms with van der Waals surface area (Å²) in [6, 6.07) is 5.27. The van der Waals surface area contributed by atoms with Crippen LogP contribution in [0.4, 0.5) is 11.4 Å². The van der Waals surface area contributed by atoms with Crippen molar-refractivity contribution in [2.24, 2.45) is 5.73 Å². The molecule has 0 radical (unpaired) electrons. The fraction of sp³-hybridized carbons (Fsp3) is 0.500. The van der Waals surface area contributed by atoms with Gasteiger partial charge in [-0.3, -0.25) is 4.79 Å². The summed E-state index contributed by atoms with van der Waals surface area (Å²) in [5, 5.41) is 0. The van der Waals surface area contributed by atoms with Gasteiger partial charge in [-0.2, -0.15) is 0 Å². The number of anilines is 2. The van der Waals surface area contributed by atoms with Crippen LogP contribution >= 0.6 is 0 Å². The van der Waals surface area contributed by atoms with Crippen molar-refractivity contribution in [1.29, 1.82) is 0 Å². The van der Waals surface area contributed by atoms with Gasteiger partial charge in [-0.15, -0.1) is 0 Å². The fourth-order valence-electron chi connectivity index (χ4n) is 2.66. The van der Waals surface area contributed by atoms with Crippen LogP contribution in [0.25, 0.3) is 0 Å². The lowest BCUT2D eigenvalue weighted by Gasteiger charge is -2.43. The van der Waals surface area contributed by atoms with Crippen LogP contribution < -0.4 is 16.4 Å². The molecule has 0 aliphatic carbocycles. The summed E-state index contributed by atoms with van der Waals surface area (Å²) in [7, 11) is 0. The number of nitrogens with zero attached hydrogens (tertiary/aromatic N) is 1.